The molecule has 0 fully saturated rings. The van der Waals surface area contributed by atoms with Crippen molar-refractivity contribution in [1.29, 1.82) is 0 Å². The molecule has 150 valence electrons. The minimum Gasteiger partial charge on any atom is -0.357 e. The van der Waals surface area contributed by atoms with E-state index in [9.17, 15) is 26.0 Å². The van der Waals surface area contributed by atoms with Crippen molar-refractivity contribution in [3.8, 4) is 0 Å². The van der Waals surface area contributed by atoms with Crippen LogP contribution in [0.25, 0.3) is 0 Å². The molecule has 0 spiro atoms. The van der Waals surface area contributed by atoms with Gasteiger partial charge in [-0.25, -0.2) is 31.0 Å². The van der Waals surface area contributed by atoms with Crippen LogP contribution >= 0.6 is 24.0 Å². The number of nitrogens with one attached hydrogen (secondary N) is 2. The second kappa shape index (κ2) is 10.9. The Hall–Kier alpha value is -1.11. The van der Waals surface area contributed by atoms with Crippen LogP contribution in [-0.2, 0) is 16.4 Å². The van der Waals surface area contributed by atoms with Crippen molar-refractivity contribution in [2.75, 3.05) is 18.6 Å². The highest BCUT2D eigenvalue weighted by molar-refractivity contribution is 14.0. The van der Waals surface area contributed by atoms with Crippen LogP contribution in [0.4, 0.5) is 17.6 Å². The third-order valence-corrected chi connectivity index (χ3v) is 4.22. The molecule has 1 atom stereocenters. The van der Waals surface area contributed by atoms with Crippen LogP contribution in [0.2, 0.25) is 0 Å². The summed E-state index contributed by atoms with van der Waals surface area (Å²) in [6, 6.07) is -0.166. The van der Waals surface area contributed by atoms with Gasteiger partial charge in [-0.2, -0.15) is 0 Å². The zero-order valence-corrected chi connectivity index (χ0v) is 17.7. The third kappa shape index (κ3) is 8.06. The van der Waals surface area contributed by atoms with E-state index in [1.165, 1.54) is 0 Å². The summed E-state index contributed by atoms with van der Waals surface area (Å²) in [6.07, 6.45) is 1.41. The van der Waals surface area contributed by atoms with Gasteiger partial charge in [0.25, 0.3) is 0 Å². The lowest BCUT2D eigenvalue weighted by molar-refractivity contribution is 0.439. The third-order valence-electron chi connectivity index (χ3n) is 3.25. The lowest BCUT2D eigenvalue weighted by Crippen LogP contribution is -2.42. The minimum atomic E-state index is -3.13. The van der Waals surface area contributed by atoms with Gasteiger partial charge in [0.2, 0.25) is 0 Å². The Morgan fingerprint density at radius 2 is 1.73 bits per heavy atom. The largest absolute Gasteiger partial charge is 0.357 e. The summed E-state index contributed by atoms with van der Waals surface area (Å²) in [6.45, 7) is 3.26. The van der Waals surface area contributed by atoms with Crippen LogP contribution in [-0.4, -0.2) is 39.0 Å². The molecule has 1 unspecified atom stereocenters. The summed E-state index contributed by atoms with van der Waals surface area (Å²) in [5, 5.41) is 5.68. The van der Waals surface area contributed by atoms with E-state index in [1.54, 1.807) is 13.8 Å². The number of halogens is 5. The van der Waals surface area contributed by atoms with Crippen molar-refractivity contribution in [2.24, 2.45) is 4.99 Å². The molecule has 5 nitrogen and oxygen atoms in total. The van der Waals surface area contributed by atoms with Crippen molar-refractivity contribution in [2.45, 2.75) is 32.9 Å². The maximum atomic E-state index is 13.6. The molecule has 1 aromatic carbocycles. The number of guanidine groups is 1. The van der Waals surface area contributed by atoms with Gasteiger partial charge in [-0.1, -0.05) is 0 Å². The summed E-state index contributed by atoms with van der Waals surface area (Å²) in [4.78, 5) is 3.90. The van der Waals surface area contributed by atoms with E-state index in [4.69, 9.17) is 0 Å². The molecular formula is C15H22F4IN3O2S. The molecule has 0 aromatic heterocycles. The standard InChI is InChI=1S/C15H21F4N3O2S.HI/c1-4-20-15(22-9(2)5-6-25(3,23)24)21-8-10-13(18)11(16)7-12(17)14(10)19;/h7,9H,4-6,8H2,1-3H3,(H2,20,21,22);1H. The molecule has 0 aliphatic heterocycles. The summed E-state index contributed by atoms with van der Waals surface area (Å²) < 4.78 is 76.0. The number of rotatable bonds is 7. The number of benzene rings is 1. The first kappa shape index (κ1) is 24.9. The van der Waals surface area contributed by atoms with Crippen molar-refractivity contribution >= 4 is 39.8 Å². The normalized spacial score (nSPS) is 13.1. The van der Waals surface area contributed by atoms with Crippen molar-refractivity contribution < 1.29 is 26.0 Å². The fourth-order valence-corrected chi connectivity index (χ4v) is 2.72. The molecule has 0 radical (unpaired) electrons. The van der Waals surface area contributed by atoms with Gasteiger partial charge in [0, 0.05) is 24.9 Å². The number of nitrogens with zero attached hydrogens (tertiary/aromatic N) is 1. The molecule has 0 aliphatic carbocycles. The Balaban J connectivity index is 0.00000625. The lowest BCUT2D eigenvalue weighted by atomic mass is 10.2. The molecule has 1 aromatic rings. The minimum absolute atomic E-state index is 0. The van der Waals surface area contributed by atoms with Gasteiger partial charge in [0.15, 0.2) is 29.2 Å². The van der Waals surface area contributed by atoms with E-state index in [0.29, 0.717) is 13.0 Å². The molecule has 0 heterocycles. The van der Waals surface area contributed by atoms with E-state index in [-0.39, 0.29) is 47.8 Å². The van der Waals surface area contributed by atoms with Gasteiger partial charge in [0.05, 0.1) is 17.9 Å². The van der Waals surface area contributed by atoms with Crippen molar-refractivity contribution in [1.82, 2.24) is 10.6 Å². The Morgan fingerprint density at radius 1 is 1.19 bits per heavy atom. The fraction of sp³-hybridized carbons (Fsp3) is 0.533. The smallest absolute Gasteiger partial charge is 0.191 e. The van der Waals surface area contributed by atoms with Gasteiger partial charge in [-0.15, -0.1) is 24.0 Å². The van der Waals surface area contributed by atoms with Gasteiger partial charge < -0.3 is 10.6 Å². The molecule has 11 heteroatoms. The van der Waals surface area contributed by atoms with Crippen LogP contribution in [0.3, 0.4) is 0 Å². The quantitative estimate of drug-likeness (QED) is 0.194. The topological polar surface area (TPSA) is 70.6 Å². The Morgan fingerprint density at radius 3 is 2.19 bits per heavy atom. The zero-order chi connectivity index (χ0) is 19.2. The van der Waals surface area contributed by atoms with Crippen molar-refractivity contribution in [3.63, 3.8) is 0 Å². The van der Waals surface area contributed by atoms with Gasteiger partial charge >= 0.3 is 0 Å². The number of hydrogen-bond acceptors (Lipinski definition) is 3. The van der Waals surface area contributed by atoms with Gasteiger partial charge in [-0.3, -0.25) is 0 Å². The molecule has 26 heavy (non-hydrogen) atoms. The molecular weight excluding hydrogens is 489 g/mol. The maximum Gasteiger partial charge on any atom is 0.191 e. The average molecular weight is 511 g/mol. The van der Waals surface area contributed by atoms with Crippen LogP contribution in [0.1, 0.15) is 25.8 Å². The van der Waals surface area contributed by atoms with Crippen LogP contribution < -0.4 is 10.6 Å². The zero-order valence-electron chi connectivity index (χ0n) is 14.6. The number of sulfone groups is 1. The van der Waals surface area contributed by atoms with Crippen molar-refractivity contribution in [3.05, 3.63) is 34.9 Å². The predicted octanol–water partition coefficient (Wildman–Crippen LogP) is 2.74. The summed E-state index contributed by atoms with van der Waals surface area (Å²) in [5.74, 6) is -5.88. The molecule has 0 amide bonds. The molecule has 0 saturated carbocycles. The van der Waals surface area contributed by atoms with E-state index in [2.05, 4.69) is 15.6 Å². The molecule has 0 aliphatic rings. The molecule has 0 saturated heterocycles. The van der Waals surface area contributed by atoms with E-state index >= 15 is 0 Å². The highest BCUT2D eigenvalue weighted by Gasteiger charge is 2.19. The summed E-state index contributed by atoms with van der Waals surface area (Å²) in [7, 11) is -3.13. The van der Waals surface area contributed by atoms with Crippen LogP contribution in [0.15, 0.2) is 11.1 Å². The Labute approximate surface area is 167 Å². The first-order chi connectivity index (χ1) is 11.5. The van der Waals surface area contributed by atoms with E-state index in [0.717, 1.165) is 6.26 Å². The maximum absolute atomic E-state index is 13.6. The Bertz CT molecular complexity index is 719. The summed E-state index contributed by atoms with van der Waals surface area (Å²) >= 11 is 0. The van der Waals surface area contributed by atoms with E-state index < -0.39 is 45.2 Å². The predicted molar refractivity (Wildman–Crippen MR) is 103 cm³/mol. The highest BCUT2D eigenvalue weighted by Crippen LogP contribution is 2.20. The molecule has 2 N–H and O–H groups in total. The molecule has 1 rings (SSSR count). The first-order valence-corrected chi connectivity index (χ1v) is 9.65. The first-order valence-electron chi connectivity index (χ1n) is 7.59. The molecule has 0 bridgehead atoms. The van der Waals surface area contributed by atoms with Gasteiger partial charge in [-0.05, 0) is 20.3 Å². The fourth-order valence-electron chi connectivity index (χ4n) is 1.94. The second-order valence-electron chi connectivity index (χ2n) is 5.61. The average Bonchev–Trinajstić information content (AvgIpc) is 2.50. The van der Waals surface area contributed by atoms with Crippen LogP contribution in [0, 0.1) is 23.3 Å². The monoisotopic (exact) mass is 511 g/mol. The SMILES string of the molecule is CCNC(=NCc1c(F)c(F)cc(F)c1F)NC(C)CCS(C)(=O)=O.I. The number of aliphatic imine (C=N–C) groups is 1. The second-order valence-corrected chi connectivity index (χ2v) is 7.87. The van der Waals surface area contributed by atoms with Gasteiger partial charge in [0.1, 0.15) is 9.84 Å². The van der Waals surface area contributed by atoms with Crippen LogP contribution in [0.5, 0.6) is 0 Å². The summed E-state index contributed by atoms with van der Waals surface area (Å²) in [5.41, 5.74) is -0.821. The highest BCUT2D eigenvalue weighted by atomic mass is 127. The number of hydrogen-bond donors (Lipinski definition) is 2. The Kier molecular flexibility index (Phi) is 10.4. The lowest BCUT2D eigenvalue weighted by Gasteiger charge is -2.17. The van der Waals surface area contributed by atoms with E-state index in [1.807, 2.05) is 0 Å².